The van der Waals surface area contributed by atoms with Crippen molar-refractivity contribution in [3.8, 4) is 0 Å². The summed E-state index contributed by atoms with van der Waals surface area (Å²) in [7, 11) is 0. The smallest absolute Gasteiger partial charge is 0.338 e. The van der Waals surface area contributed by atoms with E-state index >= 15 is 0 Å². The number of imide groups is 1. The van der Waals surface area contributed by atoms with E-state index in [1.807, 2.05) is 0 Å². The predicted octanol–water partition coefficient (Wildman–Crippen LogP) is 1.53. The predicted molar refractivity (Wildman–Crippen MR) is 90.9 cm³/mol. The lowest BCUT2D eigenvalue weighted by Gasteiger charge is -2.25. The molecule has 1 aromatic rings. The van der Waals surface area contributed by atoms with Gasteiger partial charge in [0.1, 0.15) is 6.04 Å². The standard InChI is InChI=1S/C18H20N2O5/c1-4-10-19(12(3)21)15-11-16(22)20(17(15)23)14-8-6-13(7-9-14)18(24)25-5-2/h4,6-9,15H,1,5,10-11H2,2-3H3. The Morgan fingerprint density at radius 1 is 1.32 bits per heavy atom. The Kier molecular flexibility index (Phi) is 5.69. The second kappa shape index (κ2) is 7.74. The van der Waals surface area contributed by atoms with E-state index in [1.165, 1.54) is 42.2 Å². The summed E-state index contributed by atoms with van der Waals surface area (Å²) in [5.74, 6) is -1.63. The van der Waals surface area contributed by atoms with Crippen LogP contribution in [0.3, 0.4) is 0 Å². The highest BCUT2D eigenvalue weighted by atomic mass is 16.5. The third-order valence-electron chi connectivity index (χ3n) is 3.87. The quantitative estimate of drug-likeness (QED) is 0.444. The van der Waals surface area contributed by atoms with E-state index in [4.69, 9.17) is 4.74 Å². The minimum absolute atomic E-state index is 0.0775. The van der Waals surface area contributed by atoms with E-state index in [0.717, 1.165) is 4.90 Å². The number of rotatable bonds is 6. The molecule has 1 unspecified atom stereocenters. The summed E-state index contributed by atoms with van der Waals surface area (Å²) in [6.07, 6.45) is 1.43. The average molecular weight is 344 g/mol. The van der Waals surface area contributed by atoms with Gasteiger partial charge in [-0.3, -0.25) is 14.4 Å². The first-order valence-corrected chi connectivity index (χ1v) is 7.92. The fourth-order valence-electron chi connectivity index (χ4n) is 2.71. The maximum absolute atomic E-state index is 12.6. The van der Waals surface area contributed by atoms with Crippen LogP contribution in [-0.2, 0) is 19.1 Å². The molecule has 1 aliphatic rings. The normalized spacial score (nSPS) is 16.7. The molecule has 0 bridgehead atoms. The van der Waals surface area contributed by atoms with Crippen molar-refractivity contribution < 1.29 is 23.9 Å². The fourth-order valence-corrected chi connectivity index (χ4v) is 2.71. The zero-order valence-electron chi connectivity index (χ0n) is 14.2. The molecule has 0 radical (unpaired) electrons. The van der Waals surface area contributed by atoms with Crippen molar-refractivity contribution in [1.29, 1.82) is 0 Å². The highest BCUT2D eigenvalue weighted by Crippen LogP contribution is 2.26. The summed E-state index contributed by atoms with van der Waals surface area (Å²) in [4.78, 5) is 50.7. The molecule has 3 amide bonds. The van der Waals surface area contributed by atoms with E-state index in [9.17, 15) is 19.2 Å². The van der Waals surface area contributed by atoms with Crippen LogP contribution in [0.5, 0.6) is 0 Å². The molecule has 1 atom stereocenters. The highest BCUT2D eigenvalue weighted by molar-refractivity contribution is 6.23. The van der Waals surface area contributed by atoms with Gasteiger partial charge in [-0.2, -0.15) is 0 Å². The molecule has 7 heteroatoms. The molecular weight excluding hydrogens is 324 g/mol. The Bertz CT molecular complexity index is 711. The van der Waals surface area contributed by atoms with Crippen LogP contribution in [0.4, 0.5) is 5.69 Å². The molecule has 1 saturated heterocycles. The van der Waals surface area contributed by atoms with Gasteiger partial charge in [0.15, 0.2) is 0 Å². The molecule has 2 rings (SSSR count). The number of esters is 1. The van der Waals surface area contributed by atoms with Gasteiger partial charge >= 0.3 is 5.97 Å². The van der Waals surface area contributed by atoms with E-state index in [0.29, 0.717) is 11.3 Å². The molecule has 25 heavy (non-hydrogen) atoms. The lowest BCUT2D eigenvalue weighted by Crippen LogP contribution is -2.44. The molecule has 132 valence electrons. The van der Waals surface area contributed by atoms with Gasteiger partial charge in [0.2, 0.25) is 11.8 Å². The van der Waals surface area contributed by atoms with E-state index in [1.54, 1.807) is 6.92 Å². The summed E-state index contributed by atoms with van der Waals surface area (Å²) in [5, 5.41) is 0. The van der Waals surface area contributed by atoms with Crippen molar-refractivity contribution in [3.05, 3.63) is 42.5 Å². The van der Waals surface area contributed by atoms with Crippen molar-refractivity contribution in [2.45, 2.75) is 26.3 Å². The van der Waals surface area contributed by atoms with Crippen molar-refractivity contribution in [3.63, 3.8) is 0 Å². The first-order valence-electron chi connectivity index (χ1n) is 7.92. The molecule has 7 nitrogen and oxygen atoms in total. The minimum Gasteiger partial charge on any atom is -0.462 e. The van der Waals surface area contributed by atoms with Gasteiger partial charge in [0, 0.05) is 13.5 Å². The van der Waals surface area contributed by atoms with Crippen molar-refractivity contribution >= 4 is 29.4 Å². The molecule has 0 aliphatic carbocycles. The molecule has 0 N–H and O–H groups in total. The Morgan fingerprint density at radius 2 is 1.96 bits per heavy atom. The number of hydrogen-bond donors (Lipinski definition) is 0. The Hall–Kier alpha value is -2.96. The van der Waals surface area contributed by atoms with E-state index < -0.39 is 23.8 Å². The molecule has 1 aliphatic heterocycles. The van der Waals surface area contributed by atoms with Crippen LogP contribution in [0, 0.1) is 0 Å². The molecule has 1 fully saturated rings. The maximum atomic E-state index is 12.6. The molecule has 0 saturated carbocycles. The van der Waals surface area contributed by atoms with Gasteiger partial charge in [0.25, 0.3) is 5.91 Å². The first-order chi connectivity index (χ1) is 11.9. The number of hydrogen-bond acceptors (Lipinski definition) is 5. The van der Waals surface area contributed by atoms with Gasteiger partial charge in [-0.1, -0.05) is 6.08 Å². The van der Waals surface area contributed by atoms with Crippen LogP contribution >= 0.6 is 0 Å². The van der Waals surface area contributed by atoms with Gasteiger partial charge in [-0.05, 0) is 31.2 Å². The van der Waals surface area contributed by atoms with Crippen LogP contribution < -0.4 is 4.90 Å². The molecule has 1 heterocycles. The van der Waals surface area contributed by atoms with Crippen LogP contribution in [0.2, 0.25) is 0 Å². The SMILES string of the molecule is C=CCN(C(C)=O)C1CC(=O)N(c2ccc(C(=O)OCC)cc2)C1=O. The van der Waals surface area contributed by atoms with Crippen molar-refractivity contribution in [1.82, 2.24) is 4.90 Å². The largest absolute Gasteiger partial charge is 0.462 e. The fraction of sp³-hybridized carbons (Fsp3) is 0.333. The zero-order valence-corrected chi connectivity index (χ0v) is 14.2. The molecular formula is C18H20N2O5. The summed E-state index contributed by atoms with van der Waals surface area (Å²) in [6.45, 7) is 7.07. The Morgan fingerprint density at radius 3 is 2.48 bits per heavy atom. The lowest BCUT2D eigenvalue weighted by atomic mass is 10.2. The average Bonchev–Trinajstić information content (AvgIpc) is 2.87. The minimum atomic E-state index is -0.840. The first kappa shape index (κ1) is 18.4. The summed E-state index contributed by atoms with van der Waals surface area (Å²) >= 11 is 0. The number of ether oxygens (including phenoxy) is 1. The maximum Gasteiger partial charge on any atom is 0.338 e. The van der Waals surface area contributed by atoms with Crippen molar-refractivity contribution in [2.24, 2.45) is 0 Å². The van der Waals surface area contributed by atoms with Crippen LogP contribution in [-0.4, -0.2) is 47.8 Å². The third kappa shape index (κ3) is 3.76. The van der Waals surface area contributed by atoms with Crippen molar-refractivity contribution in [2.75, 3.05) is 18.1 Å². The summed E-state index contributed by atoms with van der Waals surface area (Å²) < 4.78 is 4.90. The van der Waals surface area contributed by atoms with Gasteiger partial charge in [-0.15, -0.1) is 6.58 Å². The van der Waals surface area contributed by atoms with E-state index in [-0.39, 0.29) is 25.5 Å². The zero-order chi connectivity index (χ0) is 18.6. The number of benzene rings is 1. The van der Waals surface area contributed by atoms with Crippen LogP contribution in [0.15, 0.2) is 36.9 Å². The van der Waals surface area contributed by atoms with Gasteiger partial charge in [0.05, 0.1) is 24.3 Å². The second-order valence-electron chi connectivity index (χ2n) is 5.51. The molecule has 0 spiro atoms. The topological polar surface area (TPSA) is 84.0 Å². The highest BCUT2D eigenvalue weighted by Gasteiger charge is 2.43. The van der Waals surface area contributed by atoms with E-state index in [2.05, 4.69) is 6.58 Å². The Balaban J connectivity index is 2.23. The lowest BCUT2D eigenvalue weighted by molar-refractivity contribution is -0.135. The molecule has 1 aromatic carbocycles. The van der Waals surface area contributed by atoms with Crippen LogP contribution in [0.1, 0.15) is 30.6 Å². The summed E-state index contributed by atoms with van der Waals surface area (Å²) in [5.41, 5.74) is 0.686. The molecule has 0 aromatic heterocycles. The third-order valence-corrected chi connectivity index (χ3v) is 3.87. The number of carbonyl (C=O) groups excluding carboxylic acids is 4. The van der Waals surface area contributed by atoms with Crippen LogP contribution in [0.25, 0.3) is 0 Å². The monoisotopic (exact) mass is 344 g/mol. The summed E-state index contributed by atoms with van der Waals surface area (Å²) in [6, 6.07) is 5.17. The number of carbonyl (C=O) groups is 4. The Labute approximate surface area is 145 Å². The van der Waals surface area contributed by atoms with Gasteiger partial charge in [-0.25, -0.2) is 9.69 Å². The number of nitrogens with zero attached hydrogens (tertiary/aromatic N) is 2. The van der Waals surface area contributed by atoms with Gasteiger partial charge < -0.3 is 9.64 Å². The second-order valence-corrected chi connectivity index (χ2v) is 5.51. The number of amides is 3. The number of anilines is 1.